The molecule has 5 nitrogen and oxygen atoms in total. The number of pyridine rings is 1. The summed E-state index contributed by atoms with van der Waals surface area (Å²) in [4.78, 5) is 11.6. The summed E-state index contributed by atoms with van der Waals surface area (Å²) in [7, 11) is -3.37. The van der Waals surface area contributed by atoms with Crippen LogP contribution < -0.4 is 11.3 Å². The van der Waals surface area contributed by atoms with Crippen LogP contribution in [-0.2, 0) is 22.1 Å². The molecule has 0 radical (unpaired) electrons. The van der Waals surface area contributed by atoms with E-state index >= 15 is 0 Å². The van der Waals surface area contributed by atoms with Crippen LogP contribution >= 0.6 is 11.6 Å². The van der Waals surface area contributed by atoms with Crippen molar-refractivity contribution in [1.82, 2.24) is 4.57 Å². The highest BCUT2D eigenvalue weighted by Crippen LogP contribution is 2.18. The zero-order valence-corrected chi connectivity index (χ0v) is 12.8. The van der Waals surface area contributed by atoms with Crippen molar-refractivity contribution in [2.75, 3.05) is 11.5 Å². The van der Waals surface area contributed by atoms with Crippen LogP contribution in [0, 0.1) is 0 Å². The van der Waals surface area contributed by atoms with Gasteiger partial charge in [-0.15, -0.1) is 0 Å². The number of hydrogen-bond donors (Lipinski definition) is 1. The van der Waals surface area contributed by atoms with Crippen LogP contribution in [0.5, 0.6) is 0 Å². The van der Waals surface area contributed by atoms with Crippen molar-refractivity contribution in [3.05, 3.63) is 63.5 Å². The van der Waals surface area contributed by atoms with E-state index in [9.17, 15) is 13.2 Å². The largest absolute Gasteiger partial charge is 0.398 e. The molecule has 2 N–H and O–H groups in total. The molecule has 0 amide bonds. The van der Waals surface area contributed by atoms with Crippen LogP contribution in [0.15, 0.2) is 47.4 Å². The molecule has 0 saturated heterocycles. The molecule has 2 aromatic rings. The first-order chi connectivity index (χ1) is 9.87. The molecule has 0 spiro atoms. The second-order valence-electron chi connectivity index (χ2n) is 4.68. The second kappa shape index (κ2) is 6.32. The number of halogens is 1. The van der Waals surface area contributed by atoms with Gasteiger partial charge >= 0.3 is 0 Å². The molecule has 1 aromatic carbocycles. The minimum Gasteiger partial charge on any atom is -0.398 e. The van der Waals surface area contributed by atoms with Crippen molar-refractivity contribution < 1.29 is 8.42 Å². The lowest BCUT2D eigenvalue weighted by Gasteiger charge is -2.08. The van der Waals surface area contributed by atoms with E-state index < -0.39 is 9.84 Å². The van der Waals surface area contributed by atoms with Gasteiger partial charge in [-0.2, -0.15) is 0 Å². The molecule has 112 valence electrons. The second-order valence-corrected chi connectivity index (χ2v) is 7.27. The maximum Gasteiger partial charge on any atom is 0.250 e. The Balaban J connectivity index is 2.10. The number of sulfone groups is 1. The Morgan fingerprint density at radius 3 is 2.57 bits per heavy atom. The van der Waals surface area contributed by atoms with Crippen molar-refractivity contribution >= 4 is 27.1 Å². The van der Waals surface area contributed by atoms with Gasteiger partial charge in [0.15, 0.2) is 9.84 Å². The monoisotopic (exact) mass is 326 g/mol. The summed E-state index contributed by atoms with van der Waals surface area (Å²) < 4.78 is 25.5. The Morgan fingerprint density at radius 1 is 1.14 bits per heavy atom. The van der Waals surface area contributed by atoms with E-state index in [0.29, 0.717) is 16.3 Å². The number of aryl methyl sites for hydroxylation is 1. The van der Waals surface area contributed by atoms with Gasteiger partial charge in [0.25, 0.3) is 5.56 Å². The molecule has 1 heterocycles. The van der Waals surface area contributed by atoms with Crippen molar-refractivity contribution in [2.45, 2.75) is 12.3 Å². The maximum absolute atomic E-state index is 12.1. The van der Waals surface area contributed by atoms with Crippen molar-refractivity contribution in [1.29, 1.82) is 0 Å². The van der Waals surface area contributed by atoms with Crippen LogP contribution in [0.2, 0.25) is 5.02 Å². The molecule has 1 aromatic heterocycles. The Labute approximate surface area is 127 Å². The van der Waals surface area contributed by atoms with Gasteiger partial charge in [0, 0.05) is 29.5 Å². The molecule has 21 heavy (non-hydrogen) atoms. The summed E-state index contributed by atoms with van der Waals surface area (Å²) in [6.07, 6.45) is 1.44. The normalized spacial score (nSPS) is 11.5. The van der Waals surface area contributed by atoms with Crippen molar-refractivity contribution in [2.24, 2.45) is 0 Å². The molecule has 0 saturated carbocycles. The highest BCUT2D eigenvalue weighted by Gasteiger charge is 2.14. The van der Waals surface area contributed by atoms with Gasteiger partial charge in [-0.25, -0.2) is 8.42 Å². The lowest BCUT2D eigenvalue weighted by atomic mass is 10.2. The molecule has 0 aliphatic rings. The fourth-order valence-corrected chi connectivity index (χ4v) is 3.51. The molecule has 0 atom stereocenters. The van der Waals surface area contributed by atoms with Gasteiger partial charge in [0.05, 0.1) is 11.5 Å². The fourth-order valence-electron chi connectivity index (χ4n) is 1.89. The smallest absolute Gasteiger partial charge is 0.250 e. The molecule has 7 heteroatoms. The van der Waals surface area contributed by atoms with Gasteiger partial charge in [-0.3, -0.25) is 4.79 Å². The van der Waals surface area contributed by atoms with E-state index in [2.05, 4.69) is 0 Å². The Bertz CT molecular complexity index is 800. The summed E-state index contributed by atoms with van der Waals surface area (Å²) in [5.74, 6) is -0.300. The van der Waals surface area contributed by atoms with E-state index in [1.165, 1.54) is 22.9 Å². The fraction of sp³-hybridized carbons (Fsp3) is 0.214. The number of nitrogens with zero attached hydrogens (tertiary/aromatic N) is 1. The lowest BCUT2D eigenvalue weighted by Crippen LogP contribution is -2.24. The molecule has 0 unspecified atom stereocenters. The maximum atomic E-state index is 12.1. The molecule has 0 fully saturated rings. The third-order valence-electron chi connectivity index (χ3n) is 2.98. The van der Waals surface area contributed by atoms with Crippen LogP contribution in [0.25, 0.3) is 0 Å². The van der Waals surface area contributed by atoms with E-state index in [1.807, 2.05) is 0 Å². The highest BCUT2D eigenvalue weighted by atomic mass is 35.5. The Kier molecular flexibility index (Phi) is 4.69. The van der Waals surface area contributed by atoms with Gasteiger partial charge in [0.1, 0.15) is 0 Å². The van der Waals surface area contributed by atoms with Gasteiger partial charge < -0.3 is 10.3 Å². The van der Waals surface area contributed by atoms with Gasteiger partial charge in [-0.1, -0.05) is 29.8 Å². The average Bonchev–Trinajstić information content (AvgIpc) is 2.42. The molecular weight excluding hydrogens is 312 g/mol. The van der Waals surface area contributed by atoms with E-state index in [0.717, 1.165) is 0 Å². The minimum atomic E-state index is -3.37. The zero-order chi connectivity index (χ0) is 15.5. The number of nitrogens with two attached hydrogens (primary N) is 1. The van der Waals surface area contributed by atoms with Crippen LogP contribution in [0.3, 0.4) is 0 Å². The summed E-state index contributed by atoms with van der Waals surface area (Å²) in [6.45, 7) is 0.0661. The predicted molar refractivity (Wildman–Crippen MR) is 84.1 cm³/mol. The number of hydrogen-bond acceptors (Lipinski definition) is 4. The standard InChI is InChI=1S/C14H15ClN2O3S/c15-13-4-2-1-3-11(13)10-21(19,20)8-7-17-9-12(16)5-6-14(17)18/h1-6,9H,7-8,10,16H2. The molecule has 2 rings (SSSR count). The van der Waals surface area contributed by atoms with Crippen LogP contribution in [0.1, 0.15) is 5.56 Å². The van der Waals surface area contributed by atoms with Crippen molar-refractivity contribution in [3.8, 4) is 0 Å². The van der Waals surface area contributed by atoms with E-state index in [1.54, 1.807) is 24.3 Å². The third kappa shape index (κ3) is 4.34. The minimum absolute atomic E-state index is 0.0661. The van der Waals surface area contributed by atoms with E-state index in [4.69, 9.17) is 17.3 Å². The number of rotatable bonds is 5. The van der Waals surface area contributed by atoms with Crippen molar-refractivity contribution in [3.63, 3.8) is 0 Å². The third-order valence-corrected chi connectivity index (χ3v) is 4.91. The number of anilines is 1. The highest BCUT2D eigenvalue weighted by molar-refractivity contribution is 7.90. The SMILES string of the molecule is Nc1ccc(=O)n(CCS(=O)(=O)Cc2ccccc2Cl)c1. The first-order valence-corrected chi connectivity index (χ1v) is 8.47. The Morgan fingerprint density at radius 2 is 1.86 bits per heavy atom. The molecule has 0 bridgehead atoms. The van der Waals surface area contributed by atoms with Gasteiger partial charge in [-0.05, 0) is 17.7 Å². The lowest BCUT2D eigenvalue weighted by molar-refractivity contribution is 0.586. The molecule has 0 aliphatic carbocycles. The summed E-state index contributed by atoms with van der Waals surface area (Å²) in [5, 5.41) is 0.419. The van der Waals surface area contributed by atoms with Gasteiger partial charge in [0.2, 0.25) is 0 Å². The predicted octanol–water partition coefficient (Wildman–Crippen LogP) is 1.70. The number of aromatic nitrogens is 1. The topological polar surface area (TPSA) is 82.2 Å². The van der Waals surface area contributed by atoms with Crippen LogP contribution in [0.4, 0.5) is 5.69 Å². The summed E-state index contributed by atoms with van der Waals surface area (Å²) in [5.41, 5.74) is 6.27. The molecule has 0 aliphatic heterocycles. The summed E-state index contributed by atoms with van der Waals surface area (Å²) in [6, 6.07) is 9.60. The molecular formula is C14H15ClN2O3S. The first kappa shape index (κ1) is 15.6. The quantitative estimate of drug-likeness (QED) is 0.906. The number of benzene rings is 1. The summed E-state index contributed by atoms with van der Waals surface area (Å²) >= 11 is 5.96. The number of nitrogen functional groups attached to an aromatic ring is 1. The Hall–Kier alpha value is -1.79. The van der Waals surface area contributed by atoms with E-state index in [-0.39, 0.29) is 23.6 Å². The average molecular weight is 327 g/mol. The zero-order valence-electron chi connectivity index (χ0n) is 11.2. The van der Waals surface area contributed by atoms with Crippen LogP contribution in [-0.4, -0.2) is 18.7 Å². The first-order valence-electron chi connectivity index (χ1n) is 6.27.